The highest BCUT2D eigenvalue weighted by Crippen LogP contribution is 2.15. The minimum atomic E-state index is -0.0957. The first-order valence-electron chi connectivity index (χ1n) is 6.92. The molecule has 0 aliphatic heterocycles. The summed E-state index contributed by atoms with van der Waals surface area (Å²) >= 11 is 0. The van der Waals surface area contributed by atoms with E-state index in [0.717, 1.165) is 17.9 Å². The SMILES string of the molecule is CNCc1ccc(NC(=O)c2ccc(N(C)C)cc2)cc1. The quantitative estimate of drug-likeness (QED) is 0.887. The second-order valence-electron chi connectivity index (χ2n) is 5.12. The van der Waals surface area contributed by atoms with Crippen LogP contribution in [-0.2, 0) is 6.54 Å². The molecule has 0 aliphatic rings. The van der Waals surface area contributed by atoms with Gasteiger partial charge in [-0.15, -0.1) is 0 Å². The summed E-state index contributed by atoms with van der Waals surface area (Å²) in [6.07, 6.45) is 0. The van der Waals surface area contributed by atoms with Gasteiger partial charge in [0.05, 0.1) is 0 Å². The van der Waals surface area contributed by atoms with Crippen LogP contribution in [0.25, 0.3) is 0 Å². The van der Waals surface area contributed by atoms with Gasteiger partial charge in [-0.2, -0.15) is 0 Å². The standard InChI is InChI=1S/C17H21N3O/c1-18-12-13-4-8-15(9-5-13)19-17(21)14-6-10-16(11-7-14)20(2)3/h4-11,18H,12H2,1-3H3,(H,19,21). The predicted molar refractivity (Wildman–Crippen MR) is 87.9 cm³/mol. The van der Waals surface area contributed by atoms with Crippen LogP contribution in [0.15, 0.2) is 48.5 Å². The molecule has 2 rings (SSSR count). The molecule has 2 aromatic carbocycles. The Labute approximate surface area is 125 Å². The third-order valence-electron chi connectivity index (χ3n) is 3.24. The summed E-state index contributed by atoms with van der Waals surface area (Å²) in [4.78, 5) is 14.2. The third-order valence-corrected chi connectivity index (χ3v) is 3.24. The molecule has 0 unspecified atom stereocenters. The molecule has 0 aliphatic carbocycles. The Kier molecular flexibility index (Phi) is 4.95. The fourth-order valence-electron chi connectivity index (χ4n) is 2.02. The smallest absolute Gasteiger partial charge is 0.255 e. The number of amides is 1. The van der Waals surface area contributed by atoms with Crippen LogP contribution in [0.4, 0.5) is 11.4 Å². The summed E-state index contributed by atoms with van der Waals surface area (Å²) in [6, 6.07) is 15.4. The summed E-state index contributed by atoms with van der Waals surface area (Å²) < 4.78 is 0. The van der Waals surface area contributed by atoms with Crippen molar-refractivity contribution in [3.8, 4) is 0 Å². The Balaban J connectivity index is 2.03. The topological polar surface area (TPSA) is 44.4 Å². The number of carbonyl (C=O) groups excluding carboxylic acids is 1. The van der Waals surface area contributed by atoms with E-state index in [0.29, 0.717) is 5.56 Å². The van der Waals surface area contributed by atoms with Crippen molar-refractivity contribution in [3.63, 3.8) is 0 Å². The molecule has 1 amide bonds. The van der Waals surface area contributed by atoms with E-state index in [4.69, 9.17) is 0 Å². The van der Waals surface area contributed by atoms with E-state index in [1.165, 1.54) is 5.56 Å². The minimum Gasteiger partial charge on any atom is -0.378 e. The maximum atomic E-state index is 12.2. The van der Waals surface area contributed by atoms with Gasteiger partial charge in [0, 0.05) is 37.6 Å². The highest BCUT2D eigenvalue weighted by atomic mass is 16.1. The van der Waals surface area contributed by atoms with E-state index < -0.39 is 0 Å². The number of hydrogen-bond donors (Lipinski definition) is 2. The lowest BCUT2D eigenvalue weighted by atomic mass is 10.1. The molecule has 4 nitrogen and oxygen atoms in total. The molecule has 2 aromatic rings. The third kappa shape index (κ3) is 4.07. The summed E-state index contributed by atoms with van der Waals surface area (Å²) in [5.74, 6) is -0.0957. The lowest BCUT2D eigenvalue weighted by Gasteiger charge is -2.12. The fraction of sp³-hybridized carbons (Fsp3) is 0.235. The Morgan fingerprint density at radius 2 is 1.62 bits per heavy atom. The van der Waals surface area contributed by atoms with Crippen LogP contribution in [0.2, 0.25) is 0 Å². The first kappa shape index (κ1) is 15.1. The summed E-state index contributed by atoms with van der Waals surface area (Å²) in [5, 5.41) is 6.00. The largest absolute Gasteiger partial charge is 0.378 e. The molecule has 0 bridgehead atoms. The molecule has 0 radical (unpaired) electrons. The number of hydrogen-bond acceptors (Lipinski definition) is 3. The zero-order chi connectivity index (χ0) is 15.2. The molecule has 0 fully saturated rings. The van der Waals surface area contributed by atoms with Gasteiger partial charge in [-0.05, 0) is 49.0 Å². The van der Waals surface area contributed by atoms with Crippen molar-refractivity contribution < 1.29 is 4.79 Å². The van der Waals surface area contributed by atoms with Crippen molar-refractivity contribution in [1.82, 2.24) is 5.32 Å². The Morgan fingerprint density at radius 3 is 2.14 bits per heavy atom. The normalized spacial score (nSPS) is 10.2. The maximum Gasteiger partial charge on any atom is 0.255 e. The molecule has 0 heterocycles. The zero-order valence-electron chi connectivity index (χ0n) is 12.7. The molecule has 0 atom stereocenters. The van der Waals surface area contributed by atoms with Gasteiger partial charge in [0.2, 0.25) is 0 Å². The van der Waals surface area contributed by atoms with Crippen LogP contribution in [0, 0.1) is 0 Å². The summed E-state index contributed by atoms with van der Waals surface area (Å²) in [5.41, 5.74) is 3.71. The average Bonchev–Trinajstić information content (AvgIpc) is 2.49. The molecular weight excluding hydrogens is 262 g/mol. The van der Waals surface area contributed by atoms with Crippen LogP contribution in [-0.4, -0.2) is 27.1 Å². The number of nitrogens with one attached hydrogen (secondary N) is 2. The number of benzene rings is 2. The number of nitrogens with zero attached hydrogens (tertiary/aromatic N) is 1. The lowest BCUT2D eigenvalue weighted by Crippen LogP contribution is -2.13. The molecule has 2 N–H and O–H groups in total. The molecule has 4 heteroatoms. The van der Waals surface area contributed by atoms with Gasteiger partial charge >= 0.3 is 0 Å². The van der Waals surface area contributed by atoms with Crippen molar-refractivity contribution in [2.75, 3.05) is 31.4 Å². The van der Waals surface area contributed by atoms with Gasteiger partial charge in [-0.25, -0.2) is 0 Å². The zero-order valence-corrected chi connectivity index (χ0v) is 12.7. The highest BCUT2D eigenvalue weighted by molar-refractivity contribution is 6.04. The van der Waals surface area contributed by atoms with Crippen molar-refractivity contribution in [3.05, 3.63) is 59.7 Å². The van der Waals surface area contributed by atoms with Crippen LogP contribution in [0.5, 0.6) is 0 Å². The molecular formula is C17H21N3O. The molecule has 0 spiro atoms. The van der Waals surface area contributed by atoms with E-state index >= 15 is 0 Å². The van der Waals surface area contributed by atoms with E-state index in [1.807, 2.05) is 74.6 Å². The van der Waals surface area contributed by atoms with Gasteiger partial charge in [0.15, 0.2) is 0 Å². The molecule has 0 aromatic heterocycles. The van der Waals surface area contributed by atoms with E-state index in [1.54, 1.807) is 0 Å². The molecule has 0 saturated heterocycles. The first-order valence-corrected chi connectivity index (χ1v) is 6.92. The fourth-order valence-corrected chi connectivity index (χ4v) is 2.02. The Morgan fingerprint density at radius 1 is 1.00 bits per heavy atom. The summed E-state index contributed by atoms with van der Waals surface area (Å²) in [6.45, 7) is 0.820. The minimum absolute atomic E-state index is 0.0957. The highest BCUT2D eigenvalue weighted by Gasteiger charge is 2.06. The molecule has 21 heavy (non-hydrogen) atoms. The van der Waals surface area contributed by atoms with E-state index in [-0.39, 0.29) is 5.91 Å². The lowest BCUT2D eigenvalue weighted by molar-refractivity contribution is 0.102. The number of anilines is 2. The number of carbonyl (C=O) groups is 1. The maximum absolute atomic E-state index is 12.2. The van der Waals surface area contributed by atoms with Crippen LogP contribution < -0.4 is 15.5 Å². The monoisotopic (exact) mass is 283 g/mol. The van der Waals surface area contributed by atoms with Crippen LogP contribution in [0.3, 0.4) is 0 Å². The van der Waals surface area contributed by atoms with Crippen LogP contribution in [0.1, 0.15) is 15.9 Å². The van der Waals surface area contributed by atoms with Gasteiger partial charge in [-0.3, -0.25) is 4.79 Å². The van der Waals surface area contributed by atoms with Crippen molar-refractivity contribution in [1.29, 1.82) is 0 Å². The van der Waals surface area contributed by atoms with Gasteiger partial charge in [0.1, 0.15) is 0 Å². The van der Waals surface area contributed by atoms with Gasteiger partial charge < -0.3 is 15.5 Å². The van der Waals surface area contributed by atoms with Crippen molar-refractivity contribution in [2.45, 2.75) is 6.54 Å². The van der Waals surface area contributed by atoms with Crippen molar-refractivity contribution in [2.24, 2.45) is 0 Å². The average molecular weight is 283 g/mol. The van der Waals surface area contributed by atoms with E-state index in [2.05, 4.69) is 10.6 Å². The number of rotatable bonds is 5. The van der Waals surface area contributed by atoms with Gasteiger partial charge in [-0.1, -0.05) is 12.1 Å². The predicted octanol–water partition coefficient (Wildman–Crippen LogP) is 2.72. The van der Waals surface area contributed by atoms with Gasteiger partial charge in [0.25, 0.3) is 5.91 Å². The van der Waals surface area contributed by atoms with E-state index in [9.17, 15) is 4.79 Å². The Bertz CT molecular complexity index is 588. The van der Waals surface area contributed by atoms with Crippen molar-refractivity contribution >= 4 is 17.3 Å². The Hall–Kier alpha value is -2.33. The second-order valence-corrected chi connectivity index (χ2v) is 5.12. The molecule has 110 valence electrons. The first-order chi connectivity index (χ1) is 10.1. The van der Waals surface area contributed by atoms with Crippen LogP contribution >= 0.6 is 0 Å². The molecule has 0 saturated carbocycles. The summed E-state index contributed by atoms with van der Waals surface area (Å²) in [7, 11) is 5.86. The second kappa shape index (κ2) is 6.90.